The van der Waals surface area contributed by atoms with Crippen molar-refractivity contribution in [2.24, 2.45) is 0 Å². The van der Waals surface area contributed by atoms with E-state index in [2.05, 4.69) is 16.0 Å². The highest BCUT2D eigenvalue weighted by Crippen LogP contribution is 2.32. The minimum absolute atomic E-state index is 0.300. The summed E-state index contributed by atoms with van der Waals surface area (Å²) in [5.74, 6) is 0.782. The molecule has 1 unspecified atom stereocenters. The molecule has 9 heteroatoms. The van der Waals surface area contributed by atoms with Crippen LogP contribution in [-0.4, -0.2) is 26.2 Å². The molecule has 5 N–H and O–H groups in total. The summed E-state index contributed by atoms with van der Waals surface area (Å²) in [6, 6.07) is 25.2. The fraction of sp³-hybridized carbons (Fsp3) is 0.103. The van der Waals surface area contributed by atoms with Crippen LogP contribution in [0.4, 0.5) is 21.9 Å². The Kier molecular flexibility index (Phi) is 8.35. The quantitative estimate of drug-likeness (QED) is 0.205. The molecule has 0 aliphatic rings. The lowest BCUT2D eigenvalue weighted by Gasteiger charge is -2.22. The molecule has 194 valence electrons. The summed E-state index contributed by atoms with van der Waals surface area (Å²) in [5.41, 5.74) is 9.48. The second kappa shape index (κ2) is 12.0. The van der Waals surface area contributed by atoms with Gasteiger partial charge in [-0.05, 0) is 71.8 Å². The molecule has 0 saturated heterocycles. The Bertz CT molecular complexity index is 1430. The topological polar surface area (TPSA) is 115 Å². The summed E-state index contributed by atoms with van der Waals surface area (Å²) >= 11 is 5.95. The SMILES string of the molecule is COc1ccc(C(NC(=O)Nc2ccc(Cl)cc2)c2ccc(C(=O)Nc3ccccc3N)cc2)cc1OC. The highest BCUT2D eigenvalue weighted by molar-refractivity contribution is 6.30. The van der Waals surface area contributed by atoms with Gasteiger partial charge in [-0.3, -0.25) is 4.79 Å². The van der Waals surface area contributed by atoms with Crippen LogP contribution in [0.5, 0.6) is 11.5 Å². The average Bonchev–Trinajstić information content (AvgIpc) is 2.94. The van der Waals surface area contributed by atoms with Crippen molar-refractivity contribution in [3.8, 4) is 11.5 Å². The van der Waals surface area contributed by atoms with Crippen molar-refractivity contribution in [2.75, 3.05) is 30.6 Å². The maximum Gasteiger partial charge on any atom is 0.319 e. The predicted octanol–water partition coefficient (Wildman–Crippen LogP) is 6.10. The standard InChI is InChI=1S/C29H27ClN4O4/c1-37-25-16-11-20(17-26(25)38-2)27(34-29(36)32-22-14-12-21(30)13-15-22)18-7-9-19(10-8-18)28(35)33-24-6-4-3-5-23(24)31/h3-17,27H,31H2,1-2H3,(H,33,35)(H2,32,34,36). The Morgan fingerprint density at radius 2 is 1.45 bits per heavy atom. The molecule has 0 aliphatic carbocycles. The van der Waals surface area contributed by atoms with Crippen LogP contribution in [0.1, 0.15) is 27.5 Å². The number of anilines is 3. The zero-order chi connectivity index (χ0) is 27.1. The van der Waals surface area contributed by atoms with Crippen molar-refractivity contribution < 1.29 is 19.1 Å². The molecule has 0 aromatic heterocycles. The third kappa shape index (κ3) is 6.35. The van der Waals surface area contributed by atoms with E-state index in [4.69, 9.17) is 26.8 Å². The van der Waals surface area contributed by atoms with Gasteiger partial charge in [-0.2, -0.15) is 0 Å². The number of hydrogen-bond acceptors (Lipinski definition) is 5. The highest BCUT2D eigenvalue weighted by Gasteiger charge is 2.20. The van der Waals surface area contributed by atoms with E-state index in [9.17, 15) is 9.59 Å². The van der Waals surface area contributed by atoms with Crippen molar-refractivity contribution >= 4 is 40.6 Å². The molecule has 1 atom stereocenters. The molecular formula is C29H27ClN4O4. The zero-order valence-electron chi connectivity index (χ0n) is 20.8. The molecule has 0 heterocycles. The van der Waals surface area contributed by atoms with E-state index in [0.29, 0.717) is 39.1 Å². The Labute approximate surface area is 225 Å². The number of amides is 3. The zero-order valence-corrected chi connectivity index (χ0v) is 21.6. The van der Waals surface area contributed by atoms with E-state index in [0.717, 1.165) is 11.1 Å². The average molecular weight is 531 g/mol. The summed E-state index contributed by atoms with van der Waals surface area (Å²) in [6.45, 7) is 0. The van der Waals surface area contributed by atoms with E-state index in [-0.39, 0.29) is 5.91 Å². The van der Waals surface area contributed by atoms with E-state index in [1.807, 2.05) is 6.07 Å². The summed E-state index contributed by atoms with van der Waals surface area (Å²) in [6.07, 6.45) is 0. The second-order valence-electron chi connectivity index (χ2n) is 8.32. The summed E-state index contributed by atoms with van der Waals surface area (Å²) in [5, 5.41) is 9.20. The lowest BCUT2D eigenvalue weighted by atomic mass is 9.97. The third-order valence-electron chi connectivity index (χ3n) is 5.83. The Morgan fingerprint density at radius 3 is 2.11 bits per heavy atom. The maximum absolute atomic E-state index is 13.0. The van der Waals surface area contributed by atoms with Crippen LogP contribution in [-0.2, 0) is 0 Å². The van der Waals surface area contributed by atoms with Crippen LogP contribution in [0.2, 0.25) is 5.02 Å². The van der Waals surface area contributed by atoms with E-state index >= 15 is 0 Å². The number of carbonyl (C=O) groups excluding carboxylic acids is 2. The number of urea groups is 1. The summed E-state index contributed by atoms with van der Waals surface area (Å²) in [4.78, 5) is 25.7. The molecule has 38 heavy (non-hydrogen) atoms. The molecule has 4 aromatic carbocycles. The minimum atomic E-state index is -0.566. The van der Waals surface area contributed by atoms with Gasteiger partial charge < -0.3 is 31.2 Å². The van der Waals surface area contributed by atoms with Gasteiger partial charge in [0.1, 0.15) is 0 Å². The fourth-order valence-corrected chi connectivity index (χ4v) is 3.98. The van der Waals surface area contributed by atoms with Crippen LogP contribution in [0.15, 0.2) is 91.0 Å². The molecule has 0 bridgehead atoms. The minimum Gasteiger partial charge on any atom is -0.493 e. The number of nitrogens with two attached hydrogens (primary N) is 1. The number of para-hydroxylation sites is 2. The number of carbonyl (C=O) groups is 2. The largest absolute Gasteiger partial charge is 0.493 e. The first-order chi connectivity index (χ1) is 18.4. The summed E-state index contributed by atoms with van der Waals surface area (Å²) in [7, 11) is 3.10. The lowest BCUT2D eigenvalue weighted by molar-refractivity contribution is 0.102. The van der Waals surface area contributed by atoms with Crippen molar-refractivity contribution in [3.05, 3.63) is 113 Å². The molecule has 0 radical (unpaired) electrons. The molecule has 0 spiro atoms. The Morgan fingerprint density at radius 1 is 0.789 bits per heavy atom. The number of hydrogen-bond donors (Lipinski definition) is 4. The number of methoxy groups -OCH3 is 2. The van der Waals surface area contributed by atoms with Gasteiger partial charge in [0, 0.05) is 16.3 Å². The van der Waals surface area contributed by atoms with Crippen LogP contribution in [0.25, 0.3) is 0 Å². The highest BCUT2D eigenvalue weighted by atomic mass is 35.5. The number of rotatable bonds is 8. The Hall–Kier alpha value is -4.69. The van der Waals surface area contributed by atoms with Gasteiger partial charge in [-0.25, -0.2) is 4.79 Å². The van der Waals surface area contributed by atoms with Crippen molar-refractivity contribution in [3.63, 3.8) is 0 Å². The summed E-state index contributed by atoms with van der Waals surface area (Å²) < 4.78 is 10.8. The predicted molar refractivity (Wildman–Crippen MR) is 150 cm³/mol. The van der Waals surface area contributed by atoms with Gasteiger partial charge in [0.15, 0.2) is 11.5 Å². The monoisotopic (exact) mass is 530 g/mol. The lowest BCUT2D eigenvalue weighted by Crippen LogP contribution is -2.33. The van der Waals surface area contributed by atoms with Crippen LogP contribution in [0, 0.1) is 0 Å². The smallest absolute Gasteiger partial charge is 0.319 e. The van der Waals surface area contributed by atoms with Crippen molar-refractivity contribution in [2.45, 2.75) is 6.04 Å². The first-order valence-corrected chi connectivity index (χ1v) is 12.1. The van der Waals surface area contributed by atoms with Crippen LogP contribution < -0.4 is 31.2 Å². The van der Waals surface area contributed by atoms with E-state index in [1.165, 1.54) is 0 Å². The van der Waals surface area contributed by atoms with Crippen molar-refractivity contribution in [1.29, 1.82) is 0 Å². The Balaban J connectivity index is 1.60. The molecule has 0 aliphatic heterocycles. The molecule has 3 amide bonds. The molecule has 8 nitrogen and oxygen atoms in total. The normalized spacial score (nSPS) is 11.2. The van der Waals surface area contributed by atoms with Gasteiger partial charge in [0.25, 0.3) is 5.91 Å². The van der Waals surface area contributed by atoms with Crippen molar-refractivity contribution in [1.82, 2.24) is 5.32 Å². The molecule has 4 aromatic rings. The number of nitrogen functional groups attached to an aromatic ring is 1. The molecule has 0 saturated carbocycles. The van der Waals surface area contributed by atoms with Crippen LogP contribution in [0.3, 0.4) is 0 Å². The number of halogens is 1. The first-order valence-electron chi connectivity index (χ1n) is 11.7. The second-order valence-corrected chi connectivity index (χ2v) is 8.75. The number of nitrogens with one attached hydrogen (secondary N) is 3. The van der Waals surface area contributed by atoms with Gasteiger partial charge >= 0.3 is 6.03 Å². The number of ether oxygens (including phenoxy) is 2. The fourth-order valence-electron chi connectivity index (χ4n) is 3.86. The van der Waals surface area contributed by atoms with Gasteiger partial charge in [0.05, 0.1) is 31.6 Å². The molecular weight excluding hydrogens is 504 g/mol. The maximum atomic E-state index is 13.0. The van der Waals surface area contributed by atoms with Gasteiger partial charge in [-0.1, -0.05) is 41.9 Å². The molecule has 4 rings (SSSR count). The first kappa shape index (κ1) is 26.4. The number of benzene rings is 4. The van der Waals surface area contributed by atoms with Gasteiger partial charge in [0.2, 0.25) is 0 Å². The van der Waals surface area contributed by atoms with Gasteiger partial charge in [-0.15, -0.1) is 0 Å². The van der Waals surface area contributed by atoms with E-state index in [1.54, 1.807) is 99.1 Å². The van der Waals surface area contributed by atoms with E-state index < -0.39 is 12.1 Å². The van der Waals surface area contributed by atoms with Crippen LogP contribution >= 0.6 is 11.6 Å². The molecule has 0 fully saturated rings. The third-order valence-corrected chi connectivity index (χ3v) is 6.09.